The Kier molecular flexibility index (Phi) is 8.67. The number of hydrogen-bond donors (Lipinski definition) is 1. The van der Waals surface area contributed by atoms with Crippen molar-refractivity contribution in [2.24, 2.45) is 17.3 Å². The predicted octanol–water partition coefficient (Wildman–Crippen LogP) is 4.29. The molecule has 0 amide bonds. The zero-order valence-electron chi connectivity index (χ0n) is 26.3. The molecule has 0 aromatic heterocycles. The van der Waals surface area contributed by atoms with Crippen LogP contribution in [0.1, 0.15) is 63.9 Å². The highest BCUT2D eigenvalue weighted by atomic mass is 16.6. The molecule has 10 nitrogen and oxygen atoms in total. The molecular formula is C35H40O10. The Morgan fingerprint density at radius 1 is 0.844 bits per heavy atom. The average molecular weight is 621 g/mol. The predicted molar refractivity (Wildman–Crippen MR) is 161 cm³/mol. The summed E-state index contributed by atoms with van der Waals surface area (Å²) in [6.45, 7) is 9.63. The maximum Gasteiger partial charge on any atom is 0.338 e. The molecule has 2 saturated carbocycles. The number of esters is 4. The molecule has 3 fully saturated rings. The van der Waals surface area contributed by atoms with Gasteiger partial charge < -0.3 is 28.8 Å². The Morgan fingerprint density at radius 3 is 2.04 bits per heavy atom. The highest BCUT2D eigenvalue weighted by Gasteiger charge is 2.82. The number of benzene rings is 2. The molecule has 0 radical (unpaired) electrons. The first-order valence-electron chi connectivity index (χ1n) is 15.1. The van der Waals surface area contributed by atoms with Gasteiger partial charge in [-0.25, -0.2) is 9.59 Å². The van der Waals surface area contributed by atoms with Crippen LogP contribution in [0.5, 0.6) is 0 Å². The summed E-state index contributed by atoms with van der Waals surface area (Å²) in [7, 11) is 0. The van der Waals surface area contributed by atoms with Crippen LogP contribution in [0.4, 0.5) is 0 Å². The topological polar surface area (TPSA) is 135 Å². The number of carbonyl (C=O) groups is 4. The van der Waals surface area contributed by atoms with E-state index in [0.29, 0.717) is 0 Å². The van der Waals surface area contributed by atoms with Gasteiger partial charge in [0.05, 0.1) is 16.6 Å². The van der Waals surface area contributed by atoms with Crippen LogP contribution in [0.15, 0.2) is 66.7 Å². The second kappa shape index (κ2) is 12.1. The highest BCUT2D eigenvalue weighted by molar-refractivity contribution is 5.89. The van der Waals surface area contributed by atoms with Crippen LogP contribution in [-0.4, -0.2) is 70.7 Å². The molecule has 3 aliphatic rings. The fourth-order valence-corrected chi connectivity index (χ4v) is 7.79. The largest absolute Gasteiger partial charge is 0.459 e. The third-order valence-electron chi connectivity index (χ3n) is 9.81. The van der Waals surface area contributed by atoms with Gasteiger partial charge in [0.15, 0.2) is 12.2 Å². The molecule has 5 rings (SSSR count). The van der Waals surface area contributed by atoms with Gasteiger partial charge in [0, 0.05) is 31.8 Å². The second-order valence-corrected chi connectivity index (χ2v) is 12.9. The quantitative estimate of drug-likeness (QED) is 0.271. The van der Waals surface area contributed by atoms with E-state index in [4.69, 9.17) is 23.7 Å². The summed E-state index contributed by atoms with van der Waals surface area (Å²) in [5.74, 6) is -3.96. The standard InChI is InChI=1S/C35H40O10/c1-20-28(39)29(41-21(2)36)31(44-32(40)24-15-11-8-12-16-24)34(6)26(43-27(38)18-17-23-13-9-7-10-14-23)19-25-30(42-22(3)37)35(20,34)45-33(25,4)5/h7-18,20,25-26,28-31,39H,19H2,1-6H3/b18-17+/t20-,25-,26+,28-,29-,30-,31+,34-,35-/m1/s1. The lowest BCUT2D eigenvalue weighted by molar-refractivity contribution is -0.324. The summed E-state index contributed by atoms with van der Waals surface area (Å²) in [6, 6.07) is 17.5. The zero-order valence-corrected chi connectivity index (χ0v) is 26.3. The number of hydrogen-bond acceptors (Lipinski definition) is 10. The molecular weight excluding hydrogens is 580 g/mol. The molecule has 1 aliphatic heterocycles. The number of aliphatic hydroxyl groups is 1. The minimum Gasteiger partial charge on any atom is -0.459 e. The summed E-state index contributed by atoms with van der Waals surface area (Å²) < 4.78 is 31.0. The third kappa shape index (κ3) is 5.55. The van der Waals surface area contributed by atoms with Gasteiger partial charge in [0.2, 0.25) is 0 Å². The summed E-state index contributed by atoms with van der Waals surface area (Å²) in [4.78, 5) is 52.0. The molecule has 2 aliphatic carbocycles. The third-order valence-corrected chi connectivity index (χ3v) is 9.81. The van der Waals surface area contributed by atoms with E-state index in [2.05, 4.69) is 0 Å². The molecule has 240 valence electrons. The lowest BCUT2D eigenvalue weighted by Crippen LogP contribution is -2.79. The van der Waals surface area contributed by atoms with Crippen molar-refractivity contribution >= 4 is 30.0 Å². The Bertz CT molecular complexity index is 1470. The van der Waals surface area contributed by atoms with Crippen molar-refractivity contribution < 1.29 is 48.0 Å². The number of carbonyl (C=O) groups excluding carboxylic acids is 4. The van der Waals surface area contributed by atoms with Crippen molar-refractivity contribution in [3.8, 4) is 0 Å². The average Bonchev–Trinajstić information content (AvgIpc) is 3.17. The van der Waals surface area contributed by atoms with Crippen molar-refractivity contribution in [2.75, 3.05) is 0 Å². The molecule has 1 heterocycles. The maximum atomic E-state index is 13.6. The molecule has 1 spiro atoms. The van der Waals surface area contributed by atoms with Crippen molar-refractivity contribution in [1.29, 1.82) is 0 Å². The van der Waals surface area contributed by atoms with Crippen LogP contribution in [0, 0.1) is 17.3 Å². The fraction of sp³-hybridized carbons (Fsp3) is 0.486. The van der Waals surface area contributed by atoms with Gasteiger partial charge in [-0.2, -0.15) is 0 Å². The molecule has 1 saturated heterocycles. The van der Waals surface area contributed by atoms with Crippen LogP contribution in [0.25, 0.3) is 6.08 Å². The van der Waals surface area contributed by atoms with Crippen molar-refractivity contribution in [3.63, 3.8) is 0 Å². The molecule has 10 heteroatoms. The lowest BCUT2D eigenvalue weighted by atomic mass is 9.47. The molecule has 45 heavy (non-hydrogen) atoms. The first-order chi connectivity index (χ1) is 21.2. The van der Waals surface area contributed by atoms with Crippen molar-refractivity contribution in [2.45, 2.75) is 89.7 Å². The van der Waals surface area contributed by atoms with Gasteiger partial charge >= 0.3 is 23.9 Å². The summed E-state index contributed by atoms with van der Waals surface area (Å²) >= 11 is 0. The molecule has 1 N–H and O–H groups in total. The van der Waals surface area contributed by atoms with Gasteiger partial charge in [0.25, 0.3) is 0 Å². The monoisotopic (exact) mass is 620 g/mol. The summed E-state index contributed by atoms with van der Waals surface area (Å²) in [5, 5.41) is 11.8. The Balaban J connectivity index is 1.66. The summed E-state index contributed by atoms with van der Waals surface area (Å²) in [5.41, 5.74) is -2.92. The second-order valence-electron chi connectivity index (χ2n) is 12.9. The Morgan fingerprint density at radius 2 is 1.44 bits per heavy atom. The molecule has 2 aromatic carbocycles. The Hall–Kier alpha value is -4.02. The molecule has 2 bridgehead atoms. The number of rotatable bonds is 7. The minimum atomic E-state index is -1.53. The number of aliphatic hydroxyl groups excluding tert-OH is 1. The lowest BCUT2D eigenvalue weighted by Gasteiger charge is -2.63. The SMILES string of the molecule is CC(=O)O[C@@H]1[C@H](O)[C@@H](C)[C@]23OC(C)(C)[C@H](C[C@H](OC(=O)/C=C/c4ccccc4)[C@]2(C)[C@H]1OC(=O)c1ccccc1)[C@H]3OC(C)=O. The molecule has 0 unspecified atom stereocenters. The normalized spacial score (nSPS) is 34.8. The van der Waals surface area contributed by atoms with Gasteiger partial charge in [-0.3, -0.25) is 9.59 Å². The smallest absolute Gasteiger partial charge is 0.338 e. The number of ether oxygens (including phenoxy) is 5. The van der Waals surface area contributed by atoms with Crippen LogP contribution in [0.3, 0.4) is 0 Å². The maximum absolute atomic E-state index is 13.6. The van der Waals surface area contributed by atoms with Gasteiger partial charge in [0.1, 0.15) is 23.9 Å². The minimum absolute atomic E-state index is 0.170. The fourth-order valence-electron chi connectivity index (χ4n) is 7.79. The van der Waals surface area contributed by atoms with E-state index in [1.165, 1.54) is 19.9 Å². The number of fused-ring (bicyclic) bond motifs is 1. The van der Waals surface area contributed by atoms with Gasteiger partial charge in [-0.1, -0.05) is 55.5 Å². The zero-order chi connectivity index (χ0) is 32.7. The van der Waals surface area contributed by atoms with Crippen molar-refractivity contribution in [1.82, 2.24) is 0 Å². The van der Waals surface area contributed by atoms with Crippen LogP contribution < -0.4 is 0 Å². The van der Waals surface area contributed by atoms with E-state index < -0.39 is 82.8 Å². The van der Waals surface area contributed by atoms with E-state index in [1.54, 1.807) is 50.3 Å². The summed E-state index contributed by atoms with van der Waals surface area (Å²) in [6.07, 6.45) is -2.93. The molecule has 2 aromatic rings. The Labute approximate surface area is 262 Å². The van der Waals surface area contributed by atoms with E-state index >= 15 is 0 Å². The first-order valence-corrected chi connectivity index (χ1v) is 15.1. The molecule has 9 atom stereocenters. The van der Waals surface area contributed by atoms with E-state index in [9.17, 15) is 24.3 Å². The van der Waals surface area contributed by atoms with E-state index in [0.717, 1.165) is 5.56 Å². The van der Waals surface area contributed by atoms with Crippen LogP contribution in [-0.2, 0) is 38.1 Å². The first kappa shape index (κ1) is 32.4. The van der Waals surface area contributed by atoms with E-state index in [1.807, 2.05) is 44.2 Å². The van der Waals surface area contributed by atoms with Gasteiger partial charge in [-0.15, -0.1) is 0 Å². The highest BCUT2D eigenvalue weighted by Crippen LogP contribution is 2.68. The van der Waals surface area contributed by atoms with Crippen molar-refractivity contribution in [3.05, 3.63) is 77.9 Å². The van der Waals surface area contributed by atoms with Crippen LogP contribution in [0.2, 0.25) is 0 Å². The van der Waals surface area contributed by atoms with Crippen LogP contribution >= 0.6 is 0 Å². The van der Waals surface area contributed by atoms with E-state index in [-0.39, 0.29) is 12.0 Å². The van der Waals surface area contributed by atoms with Gasteiger partial charge in [-0.05, 0) is 51.0 Å².